The lowest BCUT2D eigenvalue weighted by molar-refractivity contribution is 0.637. The second-order valence-corrected chi connectivity index (χ2v) is 7.86. The van der Waals surface area contributed by atoms with Gasteiger partial charge in [-0.15, -0.1) is 0 Å². The predicted molar refractivity (Wildman–Crippen MR) is 87.6 cm³/mol. The minimum Gasteiger partial charge on any atom is -0.371 e. The van der Waals surface area contributed by atoms with Crippen molar-refractivity contribution >= 4 is 29.1 Å². The summed E-state index contributed by atoms with van der Waals surface area (Å²) in [7, 11) is 1.94. The molecule has 1 heterocycles. The third-order valence-corrected chi connectivity index (χ3v) is 5.33. The van der Waals surface area contributed by atoms with E-state index in [1.807, 2.05) is 7.05 Å². The topological polar surface area (TPSA) is 15.3 Å². The number of thioether (sulfide) groups is 1. The fraction of sp³-hybridized carbons (Fsp3) is 0.600. The fourth-order valence-electron chi connectivity index (χ4n) is 2.35. The first-order chi connectivity index (χ1) is 9.02. The van der Waals surface area contributed by atoms with Crippen LogP contribution >= 0.6 is 23.4 Å². The molecule has 0 atom stereocenters. The number of nitrogens with one attached hydrogen (secondary N) is 1. The van der Waals surface area contributed by atoms with E-state index < -0.39 is 0 Å². The molecule has 2 rings (SSSR count). The monoisotopic (exact) mass is 298 g/mol. The molecule has 1 aliphatic heterocycles. The third-order valence-electron chi connectivity index (χ3n) is 3.61. The van der Waals surface area contributed by atoms with Gasteiger partial charge in [0, 0.05) is 40.8 Å². The standard InChI is InChI=1S/C15H23ClN2S/c1-15(2)6-7-18(8-9-19-15)13-5-4-12(11-17-3)14(16)10-13/h4-5,10,17H,6-9,11H2,1-3H3. The Labute approximate surface area is 125 Å². The minimum absolute atomic E-state index is 0.393. The molecule has 0 spiro atoms. The van der Waals surface area contributed by atoms with Crippen molar-refractivity contribution in [2.45, 2.75) is 31.6 Å². The third kappa shape index (κ3) is 4.04. The van der Waals surface area contributed by atoms with Gasteiger partial charge >= 0.3 is 0 Å². The Morgan fingerprint density at radius 2 is 2.16 bits per heavy atom. The molecule has 1 aromatic rings. The van der Waals surface area contributed by atoms with E-state index in [9.17, 15) is 0 Å². The lowest BCUT2D eigenvalue weighted by Crippen LogP contribution is -2.26. The number of hydrogen-bond donors (Lipinski definition) is 1. The van der Waals surface area contributed by atoms with Crippen LogP contribution in [0, 0.1) is 0 Å². The second-order valence-electron chi connectivity index (χ2n) is 5.65. The van der Waals surface area contributed by atoms with Crippen molar-refractivity contribution in [1.82, 2.24) is 5.32 Å². The summed E-state index contributed by atoms with van der Waals surface area (Å²) in [5.41, 5.74) is 2.42. The Morgan fingerprint density at radius 3 is 2.84 bits per heavy atom. The van der Waals surface area contributed by atoms with Gasteiger partial charge in [0.25, 0.3) is 0 Å². The molecule has 1 saturated heterocycles. The van der Waals surface area contributed by atoms with Crippen molar-refractivity contribution in [1.29, 1.82) is 0 Å². The summed E-state index contributed by atoms with van der Waals surface area (Å²) >= 11 is 8.42. The minimum atomic E-state index is 0.393. The second kappa shape index (κ2) is 6.38. The smallest absolute Gasteiger partial charge is 0.0471 e. The average molecular weight is 299 g/mol. The number of hydrogen-bond acceptors (Lipinski definition) is 3. The van der Waals surface area contributed by atoms with Crippen LogP contribution in [0.2, 0.25) is 5.02 Å². The number of nitrogens with zero attached hydrogens (tertiary/aromatic N) is 1. The SMILES string of the molecule is CNCc1ccc(N2CCSC(C)(C)CC2)cc1Cl. The van der Waals surface area contributed by atoms with Crippen molar-refractivity contribution in [3.63, 3.8) is 0 Å². The number of rotatable bonds is 3. The summed E-state index contributed by atoms with van der Waals surface area (Å²) in [6.07, 6.45) is 1.22. The molecule has 0 amide bonds. The van der Waals surface area contributed by atoms with E-state index in [0.29, 0.717) is 4.75 Å². The maximum atomic E-state index is 6.35. The van der Waals surface area contributed by atoms with Gasteiger partial charge in [-0.1, -0.05) is 31.5 Å². The molecule has 0 unspecified atom stereocenters. The molecule has 4 heteroatoms. The first kappa shape index (κ1) is 15.0. The maximum absolute atomic E-state index is 6.35. The van der Waals surface area contributed by atoms with E-state index >= 15 is 0 Å². The molecule has 19 heavy (non-hydrogen) atoms. The Morgan fingerprint density at radius 1 is 1.37 bits per heavy atom. The quantitative estimate of drug-likeness (QED) is 0.914. The zero-order chi connectivity index (χ0) is 13.9. The Kier molecular flexibility index (Phi) is 5.04. The molecular formula is C15H23ClN2S. The van der Waals surface area contributed by atoms with E-state index in [1.165, 1.54) is 17.9 Å². The van der Waals surface area contributed by atoms with Crippen molar-refractivity contribution < 1.29 is 0 Å². The van der Waals surface area contributed by atoms with E-state index in [1.54, 1.807) is 0 Å². The van der Waals surface area contributed by atoms with Crippen LogP contribution in [0.15, 0.2) is 18.2 Å². The highest BCUT2D eigenvalue weighted by molar-refractivity contribution is 8.00. The molecule has 0 aromatic heterocycles. The van der Waals surface area contributed by atoms with Crippen LogP contribution in [0.4, 0.5) is 5.69 Å². The number of benzene rings is 1. The largest absolute Gasteiger partial charge is 0.371 e. The first-order valence-corrected chi connectivity index (χ1v) is 8.20. The average Bonchev–Trinajstić information content (AvgIpc) is 2.53. The van der Waals surface area contributed by atoms with Crippen LogP contribution in [0.5, 0.6) is 0 Å². The van der Waals surface area contributed by atoms with Crippen molar-refractivity contribution in [3.8, 4) is 0 Å². The van der Waals surface area contributed by atoms with Gasteiger partial charge in [-0.05, 0) is 31.2 Å². The Hall–Kier alpha value is -0.380. The molecule has 2 nitrogen and oxygen atoms in total. The van der Waals surface area contributed by atoms with Gasteiger partial charge in [-0.2, -0.15) is 11.8 Å². The Bertz CT molecular complexity index is 434. The van der Waals surface area contributed by atoms with Crippen LogP contribution in [-0.4, -0.2) is 30.6 Å². The highest BCUT2D eigenvalue weighted by Gasteiger charge is 2.23. The maximum Gasteiger partial charge on any atom is 0.0471 e. The fourth-order valence-corrected chi connectivity index (χ4v) is 3.69. The molecule has 0 radical (unpaired) electrons. The van der Waals surface area contributed by atoms with Gasteiger partial charge in [0.1, 0.15) is 0 Å². The molecule has 1 aliphatic rings. The summed E-state index contributed by atoms with van der Waals surface area (Å²) in [6, 6.07) is 6.44. The predicted octanol–water partition coefficient (Wildman–Crippen LogP) is 3.78. The van der Waals surface area contributed by atoms with E-state index in [4.69, 9.17) is 11.6 Å². The van der Waals surface area contributed by atoms with E-state index in [-0.39, 0.29) is 0 Å². The van der Waals surface area contributed by atoms with E-state index in [0.717, 1.165) is 30.2 Å². The van der Waals surface area contributed by atoms with Gasteiger partial charge in [-0.3, -0.25) is 0 Å². The highest BCUT2D eigenvalue weighted by Crippen LogP contribution is 2.33. The lowest BCUT2D eigenvalue weighted by Gasteiger charge is -2.24. The summed E-state index contributed by atoms with van der Waals surface area (Å²) in [4.78, 5) is 2.46. The number of halogens is 1. The lowest BCUT2D eigenvalue weighted by atomic mass is 10.1. The summed E-state index contributed by atoms with van der Waals surface area (Å²) in [5.74, 6) is 1.18. The molecular weight excluding hydrogens is 276 g/mol. The van der Waals surface area contributed by atoms with Crippen molar-refractivity contribution in [2.24, 2.45) is 0 Å². The zero-order valence-corrected chi connectivity index (χ0v) is 13.6. The zero-order valence-electron chi connectivity index (χ0n) is 12.0. The van der Waals surface area contributed by atoms with Crippen molar-refractivity contribution in [2.75, 3.05) is 30.8 Å². The summed E-state index contributed by atoms with van der Waals surface area (Å²) < 4.78 is 0.393. The normalized spacial score (nSPS) is 19.3. The molecule has 0 bridgehead atoms. The molecule has 1 aromatic carbocycles. The van der Waals surface area contributed by atoms with Crippen LogP contribution in [0.3, 0.4) is 0 Å². The molecule has 0 saturated carbocycles. The van der Waals surface area contributed by atoms with Crippen LogP contribution in [0.1, 0.15) is 25.8 Å². The summed E-state index contributed by atoms with van der Waals surface area (Å²) in [5, 5.41) is 4.01. The van der Waals surface area contributed by atoms with Gasteiger partial charge in [0.2, 0.25) is 0 Å². The van der Waals surface area contributed by atoms with Crippen LogP contribution in [-0.2, 0) is 6.54 Å². The number of anilines is 1. The van der Waals surface area contributed by atoms with Gasteiger partial charge in [0.15, 0.2) is 0 Å². The van der Waals surface area contributed by atoms with Gasteiger partial charge < -0.3 is 10.2 Å². The molecule has 1 fully saturated rings. The molecule has 106 valence electrons. The van der Waals surface area contributed by atoms with Gasteiger partial charge in [0.05, 0.1) is 0 Å². The molecule has 1 N–H and O–H groups in total. The van der Waals surface area contributed by atoms with Crippen LogP contribution in [0.25, 0.3) is 0 Å². The highest BCUT2D eigenvalue weighted by atomic mass is 35.5. The van der Waals surface area contributed by atoms with E-state index in [2.05, 4.69) is 54.0 Å². The van der Waals surface area contributed by atoms with Crippen LogP contribution < -0.4 is 10.2 Å². The molecule has 0 aliphatic carbocycles. The Balaban J connectivity index is 2.11. The van der Waals surface area contributed by atoms with Gasteiger partial charge in [-0.25, -0.2) is 0 Å². The summed E-state index contributed by atoms with van der Waals surface area (Å²) in [6.45, 7) is 7.72. The van der Waals surface area contributed by atoms with Crippen molar-refractivity contribution in [3.05, 3.63) is 28.8 Å². The first-order valence-electron chi connectivity index (χ1n) is 6.84.